The van der Waals surface area contributed by atoms with Crippen LogP contribution in [-0.4, -0.2) is 24.0 Å². The third kappa shape index (κ3) is 4.27. The topological polar surface area (TPSA) is 67.2 Å². The van der Waals surface area contributed by atoms with E-state index in [1.165, 1.54) is 6.92 Å². The third-order valence-electron chi connectivity index (χ3n) is 2.00. The van der Waals surface area contributed by atoms with E-state index in [0.29, 0.717) is 18.1 Å². The molecule has 4 nitrogen and oxygen atoms in total. The lowest BCUT2D eigenvalue weighted by Gasteiger charge is -2.07. The van der Waals surface area contributed by atoms with Crippen molar-refractivity contribution >= 4 is 28.8 Å². The van der Waals surface area contributed by atoms with Crippen molar-refractivity contribution in [3.8, 4) is 0 Å². The number of nitrogens with one attached hydrogen (secondary N) is 2. The van der Waals surface area contributed by atoms with E-state index in [9.17, 15) is 4.79 Å². The predicted molar refractivity (Wildman–Crippen MR) is 69.5 cm³/mol. The molecule has 1 aromatic rings. The Morgan fingerprint density at radius 3 is 2.44 bits per heavy atom. The molecular formula is C11H15N3OS. The number of nitrogens with two attached hydrogens (primary N) is 1. The third-order valence-corrected chi connectivity index (χ3v) is 2.23. The van der Waals surface area contributed by atoms with Gasteiger partial charge in [0.2, 0.25) is 5.91 Å². The van der Waals surface area contributed by atoms with Crippen LogP contribution < -0.4 is 16.4 Å². The van der Waals surface area contributed by atoms with Gasteiger partial charge in [-0.05, 0) is 24.3 Å². The average Bonchev–Trinajstić information content (AvgIpc) is 2.25. The van der Waals surface area contributed by atoms with Gasteiger partial charge in [0.05, 0.1) is 0 Å². The summed E-state index contributed by atoms with van der Waals surface area (Å²) in [6, 6.07) is 7.54. The molecule has 0 aliphatic carbocycles. The fourth-order valence-corrected chi connectivity index (χ4v) is 1.33. The Labute approximate surface area is 100 Å². The number of benzene rings is 1. The molecule has 1 amide bonds. The second-order valence-electron chi connectivity index (χ2n) is 3.35. The van der Waals surface area contributed by atoms with Gasteiger partial charge >= 0.3 is 0 Å². The first-order valence-electron chi connectivity index (χ1n) is 4.98. The number of thiocarbonyl (C=S) groups is 1. The Kier molecular flexibility index (Phi) is 4.72. The Morgan fingerprint density at radius 1 is 1.31 bits per heavy atom. The molecule has 0 aliphatic rings. The van der Waals surface area contributed by atoms with Crippen LogP contribution in [0.2, 0.25) is 0 Å². The molecule has 5 heteroatoms. The molecule has 0 unspecified atom stereocenters. The van der Waals surface area contributed by atoms with E-state index in [0.717, 1.165) is 11.3 Å². The van der Waals surface area contributed by atoms with Gasteiger partial charge in [0, 0.05) is 31.3 Å². The highest BCUT2D eigenvalue weighted by molar-refractivity contribution is 7.80. The lowest BCUT2D eigenvalue weighted by molar-refractivity contribution is -0.118. The molecule has 0 atom stereocenters. The summed E-state index contributed by atoms with van der Waals surface area (Å²) in [5, 5.41) is 5.87. The van der Waals surface area contributed by atoms with E-state index in [4.69, 9.17) is 18.0 Å². The Morgan fingerprint density at radius 2 is 1.94 bits per heavy atom. The average molecular weight is 237 g/mol. The minimum Gasteiger partial charge on any atom is -0.389 e. The van der Waals surface area contributed by atoms with Crippen molar-refractivity contribution in [2.24, 2.45) is 5.73 Å². The minimum absolute atomic E-state index is 0.0226. The largest absolute Gasteiger partial charge is 0.389 e. The van der Waals surface area contributed by atoms with Crippen LogP contribution in [0.1, 0.15) is 12.5 Å². The fraction of sp³-hybridized carbons (Fsp3) is 0.273. The van der Waals surface area contributed by atoms with E-state index >= 15 is 0 Å². The molecule has 16 heavy (non-hydrogen) atoms. The zero-order valence-electron chi connectivity index (χ0n) is 9.12. The van der Waals surface area contributed by atoms with Crippen LogP contribution in [0.15, 0.2) is 24.3 Å². The maximum absolute atomic E-state index is 10.6. The summed E-state index contributed by atoms with van der Waals surface area (Å²) in [6.07, 6.45) is 0. The summed E-state index contributed by atoms with van der Waals surface area (Å²) >= 11 is 4.85. The highest BCUT2D eigenvalue weighted by atomic mass is 32.1. The van der Waals surface area contributed by atoms with Gasteiger partial charge in [-0.2, -0.15) is 0 Å². The van der Waals surface area contributed by atoms with Crippen LogP contribution >= 0.6 is 12.2 Å². The van der Waals surface area contributed by atoms with E-state index in [2.05, 4.69) is 10.6 Å². The smallest absolute Gasteiger partial charge is 0.216 e. The van der Waals surface area contributed by atoms with Gasteiger partial charge in [-0.3, -0.25) is 4.79 Å². The lowest BCUT2D eigenvalue weighted by atomic mass is 10.2. The predicted octanol–water partition coefficient (Wildman–Crippen LogP) is 0.869. The first-order chi connectivity index (χ1) is 7.59. The lowest BCUT2D eigenvalue weighted by Crippen LogP contribution is -2.26. The van der Waals surface area contributed by atoms with Crippen molar-refractivity contribution in [3.63, 3.8) is 0 Å². The number of carbonyl (C=O) groups is 1. The van der Waals surface area contributed by atoms with Crippen molar-refractivity contribution in [3.05, 3.63) is 29.8 Å². The van der Waals surface area contributed by atoms with Gasteiger partial charge < -0.3 is 16.4 Å². The zero-order chi connectivity index (χ0) is 12.0. The van der Waals surface area contributed by atoms with Crippen LogP contribution in [0, 0.1) is 0 Å². The summed E-state index contributed by atoms with van der Waals surface area (Å²) in [5.74, 6) is -0.0226. The normalized spacial score (nSPS) is 9.56. The van der Waals surface area contributed by atoms with Gasteiger partial charge in [-0.1, -0.05) is 12.2 Å². The molecule has 0 heterocycles. The first-order valence-corrected chi connectivity index (χ1v) is 5.38. The molecule has 0 aliphatic heterocycles. The molecule has 0 bridgehead atoms. The van der Waals surface area contributed by atoms with Crippen LogP contribution in [0.4, 0.5) is 5.69 Å². The molecule has 86 valence electrons. The van der Waals surface area contributed by atoms with Crippen molar-refractivity contribution in [1.82, 2.24) is 5.32 Å². The maximum atomic E-state index is 10.6. The molecule has 0 aromatic heterocycles. The Bertz CT molecular complexity index is 375. The Hall–Kier alpha value is -1.62. The van der Waals surface area contributed by atoms with E-state index < -0.39 is 0 Å². The van der Waals surface area contributed by atoms with Crippen molar-refractivity contribution in [2.75, 3.05) is 18.4 Å². The van der Waals surface area contributed by atoms with Crippen LogP contribution in [-0.2, 0) is 4.79 Å². The van der Waals surface area contributed by atoms with E-state index in [1.54, 1.807) is 0 Å². The zero-order valence-corrected chi connectivity index (χ0v) is 9.93. The molecule has 1 aromatic carbocycles. The molecule has 0 radical (unpaired) electrons. The second-order valence-corrected chi connectivity index (χ2v) is 3.79. The van der Waals surface area contributed by atoms with E-state index in [1.807, 2.05) is 24.3 Å². The van der Waals surface area contributed by atoms with Crippen molar-refractivity contribution < 1.29 is 4.79 Å². The summed E-state index contributed by atoms with van der Waals surface area (Å²) < 4.78 is 0. The summed E-state index contributed by atoms with van der Waals surface area (Å²) in [4.78, 5) is 11.0. The number of hydrogen-bond donors (Lipinski definition) is 3. The number of amides is 1. The van der Waals surface area contributed by atoms with Crippen molar-refractivity contribution in [2.45, 2.75) is 6.92 Å². The highest BCUT2D eigenvalue weighted by Gasteiger charge is 1.96. The van der Waals surface area contributed by atoms with Gasteiger partial charge in [0.1, 0.15) is 4.99 Å². The van der Waals surface area contributed by atoms with Gasteiger partial charge in [0.25, 0.3) is 0 Å². The van der Waals surface area contributed by atoms with Gasteiger partial charge in [-0.25, -0.2) is 0 Å². The van der Waals surface area contributed by atoms with Gasteiger partial charge in [0.15, 0.2) is 0 Å². The van der Waals surface area contributed by atoms with Crippen LogP contribution in [0.25, 0.3) is 0 Å². The van der Waals surface area contributed by atoms with E-state index in [-0.39, 0.29) is 5.91 Å². The monoisotopic (exact) mass is 237 g/mol. The molecule has 0 saturated heterocycles. The van der Waals surface area contributed by atoms with Crippen molar-refractivity contribution in [1.29, 1.82) is 0 Å². The van der Waals surface area contributed by atoms with Crippen LogP contribution in [0.5, 0.6) is 0 Å². The van der Waals surface area contributed by atoms with Crippen LogP contribution in [0.3, 0.4) is 0 Å². The maximum Gasteiger partial charge on any atom is 0.216 e. The molecule has 0 fully saturated rings. The molecule has 1 rings (SSSR count). The standard InChI is InChI=1S/C11H15N3OS/c1-8(15)13-6-7-14-10-4-2-9(3-5-10)11(12)16/h2-5,14H,6-7H2,1H3,(H2,12,16)(H,13,15). The number of carbonyl (C=O) groups excluding carboxylic acids is 1. The summed E-state index contributed by atoms with van der Waals surface area (Å²) in [5.41, 5.74) is 7.31. The second kappa shape index (κ2) is 6.07. The summed E-state index contributed by atoms with van der Waals surface area (Å²) in [6.45, 7) is 2.79. The molecular weight excluding hydrogens is 222 g/mol. The number of anilines is 1. The van der Waals surface area contributed by atoms with Gasteiger partial charge in [-0.15, -0.1) is 0 Å². The quantitative estimate of drug-likeness (QED) is 0.525. The molecule has 4 N–H and O–H groups in total. The SMILES string of the molecule is CC(=O)NCCNc1ccc(C(N)=S)cc1. The first kappa shape index (κ1) is 12.4. The number of rotatable bonds is 5. The summed E-state index contributed by atoms with van der Waals surface area (Å²) in [7, 11) is 0. The highest BCUT2D eigenvalue weighted by Crippen LogP contribution is 2.08. The Balaban J connectivity index is 2.38. The minimum atomic E-state index is -0.0226. The molecule has 0 saturated carbocycles. The molecule has 0 spiro atoms. The fourth-order valence-electron chi connectivity index (χ4n) is 1.20. The number of hydrogen-bond acceptors (Lipinski definition) is 3.